The molecule has 6 heteroatoms. The Morgan fingerprint density at radius 1 is 1.33 bits per heavy atom. The van der Waals surface area contributed by atoms with E-state index in [2.05, 4.69) is 4.99 Å². The smallest absolute Gasteiger partial charge is 0.441 e. The van der Waals surface area contributed by atoms with Crippen molar-refractivity contribution in [2.75, 3.05) is 7.11 Å². The van der Waals surface area contributed by atoms with Gasteiger partial charge in [-0.2, -0.15) is 13.2 Å². The number of aliphatic imine (C=N–C) groups is 1. The number of halogens is 3. The van der Waals surface area contributed by atoms with E-state index in [1.807, 2.05) is 0 Å². The summed E-state index contributed by atoms with van der Waals surface area (Å²) in [6, 6.07) is 5.65. The quantitative estimate of drug-likeness (QED) is 0.462. The number of carbonyl (C=O) groups is 1. The molecule has 0 N–H and O–H groups in total. The number of carbonyl (C=O) groups excluding carboxylic acids is 1. The summed E-state index contributed by atoms with van der Waals surface area (Å²) in [6.45, 7) is 0. The van der Waals surface area contributed by atoms with Gasteiger partial charge in [0.25, 0.3) is 0 Å². The monoisotopic (exact) mass is 255 g/mol. The summed E-state index contributed by atoms with van der Waals surface area (Å²) < 4.78 is 42.4. The van der Waals surface area contributed by atoms with Crippen LogP contribution in [0.1, 0.15) is 0 Å². The lowest BCUT2D eigenvalue weighted by Crippen LogP contribution is -2.21. The summed E-state index contributed by atoms with van der Waals surface area (Å²) in [7, 11) is 1.44. The van der Waals surface area contributed by atoms with Crippen molar-refractivity contribution in [3.05, 3.63) is 24.3 Å². The molecule has 0 aromatic heterocycles. The van der Waals surface area contributed by atoms with Gasteiger partial charge in [0.2, 0.25) is 0 Å². The minimum absolute atomic E-state index is 0.0725. The Bertz CT molecular complexity index is 507. The highest BCUT2D eigenvalue weighted by Crippen LogP contribution is 2.23. The van der Waals surface area contributed by atoms with E-state index >= 15 is 0 Å². The fourth-order valence-corrected chi connectivity index (χ4v) is 1.05. The third-order valence-electron chi connectivity index (χ3n) is 1.83. The molecular weight excluding hydrogens is 247 g/mol. The molecule has 0 heterocycles. The largest absolute Gasteiger partial charge is 0.497 e. The molecule has 3 nitrogen and oxygen atoms in total. The van der Waals surface area contributed by atoms with Crippen molar-refractivity contribution in [1.82, 2.24) is 0 Å². The second-order valence-corrected chi connectivity index (χ2v) is 3.04. The van der Waals surface area contributed by atoms with E-state index < -0.39 is 11.9 Å². The van der Waals surface area contributed by atoms with Gasteiger partial charge >= 0.3 is 6.18 Å². The molecule has 0 aliphatic heterocycles. The number of benzene rings is 1. The first kappa shape index (κ1) is 13.8. The van der Waals surface area contributed by atoms with Gasteiger partial charge in [0, 0.05) is 0 Å². The van der Waals surface area contributed by atoms with Crippen molar-refractivity contribution in [3.8, 4) is 17.6 Å². The van der Waals surface area contributed by atoms with Gasteiger partial charge in [0.15, 0.2) is 12.0 Å². The lowest BCUT2D eigenvalue weighted by atomic mass is 10.3. The highest BCUT2D eigenvalue weighted by molar-refractivity contribution is 6.07. The molecule has 0 saturated heterocycles. The molecule has 94 valence electrons. The zero-order chi connectivity index (χ0) is 13.6. The summed E-state index contributed by atoms with van der Waals surface area (Å²) in [4.78, 5) is 13.3. The number of methoxy groups -OCH3 is 1. The van der Waals surface area contributed by atoms with Gasteiger partial charge in [-0.25, -0.2) is 4.99 Å². The Morgan fingerprint density at radius 3 is 2.39 bits per heavy atom. The van der Waals surface area contributed by atoms with Crippen molar-refractivity contribution in [3.63, 3.8) is 0 Å². The molecule has 0 atom stereocenters. The molecule has 1 aromatic rings. The number of hydrogen-bond acceptors (Lipinski definition) is 3. The molecule has 0 bridgehead atoms. The lowest BCUT2D eigenvalue weighted by molar-refractivity contribution is -0.103. The average molecular weight is 255 g/mol. The van der Waals surface area contributed by atoms with Crippen LogP contribution >= 0.6 is 0 Å². The Morgan fingerprint density at radius 2 is 1.94 bits per heavy atom. The molecule has 0 aliphatic carbocycles. The minimum atomic E-state index is -4.70. The van der Waals surface area contributed by atoms with Crippen LogP contribution < -0.4 is 4.74 Å². The SMILES string of the molecule is COc1ccc(/N=C(\C#CC=O)C(F)(F)F)cc1. The Kier molecular flexibility index (Phi) is 4.49. The van der Waals surface area contributed by atoms with Crippen LogP contribution in [0.4, 0.5) is 18.9 Å². The van der Waals surface area contributed by atoms with E-state index in [0.717, 1.165) is 0 Å². The number of nitrogens with zero attached hydrogens (tertiary/aromatic N) is 1. The molecule has 0 fully saturated rings. The molecule has 0 aliphatic rings. The Labute approximate surface area is 101 Å². The number of aldehydes is 1. The van der Waals surface area contributed by atoms with Crippen LogP contribution in [0, 0.1) is 11.8 Å². The molecule has 0 unspecified atom stereocenters. The van der Waals surface area contributed by atoms with Crippen molar-refractivity contribution >= 4 is 17.7 Å². The molecule has 0 radical (unpaired) electrons. The van der Waals surface area contributed by atoms with Crippen LogP contribution in [0.25, 0.3) is 0 Å². The summed E-state index contributed by atoms with van der Waals surface area (Å²) in [6.07, 6.45) is -4.62. The fraction of sp³-hybridized carbons (Fsp3) is 0.167. The molecule has 18 heavy (non-hydrogen) atoms. The third kappa shape index (κ3) is 3.94. The van der Waals surface area contributed by atoms with E-state index in [0.29, 0.717) is 5.75 Å². The highest BCUT2D eigenvalue weighted by atomic mass is 19.4. The first-order valence-corrected chi connectivity index (χ1v) is 4.72. The average Bonchev–Trinajstić information content (AvgIpc) is 2.34. The summed E-state index contributed by atoms with van der Waals surface area (Å²) in [5.41, 5.74) is -1.25. The van der Waals surface area contributed by atoms with Crippen molar-refractivity contribution in [1.29, 1.82) is 0 Å². The second-order valence-electron chi connectivity index (χ2n) is 3.04. The van der Waals surface area contributed by atoms with Crippen molar-refractivity contribution in [2.45, 2.75) is 6.18 Å². The van der Waals surface area contributed by atoms with Gasteiger partial charge in [0.05, 0.1) is 12.8 Å². The number of hydrogen-bond donors (Lipinski definition) is 0. The normalized spacial score (nSPS) is 11.4. The predicted octanol–water partition coefficient (Wildman–Crippen LogP) is 2.53. The summed E-state index contributed by atoms with van der Waals surface area (Å²) in [5.74, 6) is 3.86. The standard InChI is InChI=1S/C12H8F3NO2/c1-18-10-6-4-9(5-7-10)16-11(3-2-8-17)12(13,14)15/h4-8H,1H3/b16-11+. The number of rotatable bonds is 2. The number of alkyl halides is 3. The van der Waals surface area contributed by atoms with E-state index in [9.17, 15) is 18.0 Å². The molecule has 1 aromatic carbocycles. The van der Waals surface area contributed by atoms with Gasteiger partial charge in [-0.3, -0.25) is 4.79 Å². The van der Waals surface area contributed by atoms with Crippen LogP contribution in [-0.2, 0) is 4.79 Å². The van der Waals surface area contributed by atoms with Gasteiger partial charge in [-0.05, 0) is 36.1 Å². The molecule has 0 amide bonds. The van der Waals surface area contributed by atoms with Crippen LogP contribution in [0.5, 0.6) is 5.75 Å². The number of ether oxygens (including phenoxy) is 1. The topological polar surface area (TPSA) is 38.7 Å². The molecule has 0 saturated carbocycles. The van der Waals surface area contributed by atoms with E-state index in [1.54, 1.807) is 11.8 Å². The summed E-state index contributed by atoms with van der Waals surface area (Å²) >= 11 is 0. The fourth-order valence-electron chi connectivity index (χ4n) is 1.05. The van der Waals surface area contributed by atoms with Crippen LogP contribution in [0.15, 0.2) is 29.3 Å². The van der Waals surface area contributed by atoms with Crippen LogP contribution in [-0.4, -0.2) is 25.3 Å². The summed E-state index contributed by atoms with van der Waals surface area (Å²) in [5, 5.41) is 0. The van der Waals surface area contributed by atoms with E-state index in [1.165, 1.54) is 31.4 Å². The van der Waals surface area contributed by atoms with E-state index in [4.69, 9.17) is 4.74 Å². The third-order valence-corrected chi connectivity index (χ3v) is 1.83. The Balaban J connectivity index is 3.11. The van der Waals surface area contributed by atoms with Gasteiger partial charge in [-0.1, -0.05) is 0 Å². The van der Waals surface area contributed by atoms with Crippen molar-refractivity contribution < 1.29 is 22.7 Å². The Hall–Kier alpha value is -2.29. The van der Waals surface area contributed by atoms with Gasteiger partial charge < -0.3 is 4.74 Å². The first-order valence-electron chi connectivity index (χ1n) is 4.72. The van der Waals surface area contributed by atoms with Gasteiger partial charge in [0.1, 0.15) is 5.75 Å². The molecule has 0 spiro atoms. The minimum Gasteiger partial charge on any atom is -0.497 e. The second kappa shape index (κ2) is 5.87. The maximum absolute atomic E-state index is 12.5. The predicted molar refractivity (Wildman–Crippen MR) is 60.0 cm³/mol. The van der Waals surface area contributed by atoms with E-state index in [-0.39, 0.29) is 12.0 Å². The zero-order valence-corrected chi connectivity index (χ0v) is 9.28. The lowest BCUT2D eigenvalue weighted by Gasteiger charge is -2.04. The van der Waals surface area contributed by atoms with Crippen LogP contribution in [0.2, 0.25) is 0 Å². The maximum Gasteiger partial charge on any atom is 0.441 e. The zero-order valence-electron chi connectivity index (χ0n) is 9.28. The van der Waals surface area contributed by atoms with Gasteiger partial charge in [-0.15, -0.1) is 0 Å². The molecular formula is C12H8F3NO2. The maximum atomic E-state index is 12.5. The van der Waals surface area contributed by atoms with Crippen molar-refractivity contribution in [2.24, 2.45) is 4.99 Å². The first-order chi connectivity index (χ1) is 8.47. The van der Waals surface area contributed by atoms with Crippen LogP contribution in [0.3, 0.4) is 0 Å². The molecule has 1 rings (SSSR count). The highest BCUT2D eigenvalue weighted by Gasteiger charge is 2.34.